The third-order valence-electron chi connectivity index (χ3n) is 4.07. The molecule has 2 aromatic rings. The summed E-state index contributed by atoms with van der Waals surface area (Å²) in [6, 6.07) is 4.82. The first-order valence-corrected chi connectivity index (χ1v) is 6.32. The summed E-state index contributed by atoms with van der Waals surface area (Å²) in [5.41, 5.74) is 0.265. The molecule has 0 aliphatic carbocycles. The SMILES string of the molecule is CC1(C)OB(c2cc(F)c3ccoc3c2)OC1(C)C. The van der Waals surface area contributed by atoms with Crippen LogP contribution >= 0.6 is 0 Å². The second-order valence-electron chi connectivity index (χ2n) is 5.92. The highest BCUT2D eigenvalue weighted by molar-refractivity contribution is 6.62. The van der Waals surface area contributed by atoms with Crippen LogP contribution in [0.2, 0.25) is 0 Å². The van der Waals surface area contributed by atoms with Crippen LogP contribution in [0.25, 0.3) is 11.0 Å². The van der Waals surface area contributed by atoms with Crippen LogP contribution < -0.4 is 5.46 Å². The van der Waals surface area contributed by atoms with Crippen molar-refractivity contribution in [3.05, 3.63) is 30.3 Å². The van der Waals surface area contributed by atoms with E-state index in [1.54, 1.807) is 12.1 Å². The number of furan rings is 1. The van der Waals surface area contributed by atoms with Gasteiger partial charge in [-0.25, -0.2) is 4.39 Å². The summed E-state index contributed by atoms with van der Waals surface area (Å²) < 4.78 is 31.0. The minimum absolute atomic E-state index is 0.323. The Morgan fingerprint density at radius 2 is 1.68 bits per heavy atom. The van der Waals surface area contributed by atoms with Crippen molar-refractivity contribution < 1.29 is 18.1 Å². The second kappa shape index (κ2) is 3.84. The zero-order valence-corrected chi connectivity index (χ0v) is 11.5. The molecule has 19 heavy (non-hydrogen) atoms. The Bertz CT molecular complexity index is 617. The van der Waals surface area contributed by atoms with Crippen molar-refractivity contribution in [2.75, 3.05) is 0 Å². The Kier molecular flexibility index (Phi) is 2.56. The fourth-order valence-electron chi connectivity index (χ4n) is 2.16. The van der Waals surface area contributed by atoms with Gasteiger partial charge in [-0.3, -0.25) is 0 Å². The Hall–Kier alpha value is -1.33. The summed E-state index contributed by atoms with van der Waals surface area (Å²) in [7, 11) is -0.575. The molecule has 1 aliphatic heterocycles. The van der Waals surface area contributed by atoms with Crippen molar-refractivity contribution in [3.63, 3.8) is 0 Å². The third-order valence-corrected chi connectivity index (χ3v) is 4.07. The first-order chi connectivity index (χ1) is 8.80. The predicted molar refractivity (Wildman–Crippen MR) is 71.9 cm³/mol. The Morgan fingerprint density at radius 1 is 1.05 bits per heavy atom. The van der Waals surface area contributed by atoms with Crippen LogP contribution in [0.4, 0.5) is 4.39 Å². The largest absolute Gasteiger partial charge is 0.495 e. The molecule has 1 fully saturated rings. The maximum Gasteiger partial charge on any atom is 0.495 e. The van der Waals surface area contributed by atoms with Crippen molar-refractivity contribution in [1.29, 1.82) is 0 Å². The minimum atomic E-state index is -0.575. The monoisotopic (exact) mass is 262 g/mol. The molecule has 1 aromatic carbocycles. The van der Waals surface area contributed by atoms with E-state index in [4.69, 9.17) is 13.7 Å². The lowest BCUT2D eigenvalue weighted by Gasteiger charge is -2.32. The number of rotatable bonds is 1. The summed E-state index contributed by atoms with van der Waals surface area (Å²) >= 11 is 0. The quantitative estimate of drug-likeness (QED) is 0.740. The zero-order chi connectivity index (χ0) is 13.8. The van der Waals surface area contributed by atoms with E-state index in [9.17, 15) is 4.39 Å². The minimum Gasteiger partial charge on any atom is -0.464 e. The highest BCUT2D eigenvalue weighted by Crippen LogP contribution is 2.36. The molecule has 2 heterocycles. The molecule has 1 aromatic heterocycles. The molecule has 0 unspecified atom stereocenters. The number of hydrogen-bond donors (Lipinski definition) is 0. The van der Waals surface area contributed by atoms with E-state index in [0.717, 1.165) is 0 Å². The van der Waals surface area contributed by atoms with E-state index in [1.807, 2.05) is 27.7 Å². The zero-order valence-electron chi connectivity index (χ0n) is 11.5. The Labute approximate surface area is 111 Å². The smallest absolute Gasteiger partial charge is 0.464 e. The topological polar surface area (TPSA) is 31.6 Å². The van der Waals surface area contributed by atoms with Crippen LogP contribution in [-0.2, 0) is 9.31 Å². The first kappa shape index (κ1) is 12.7. The van der Waals surface area contributed by atoms with Crippen molar-refractivity contribution in [2.24, 2.45) is 0 Å². The average Bonchev–Trinajstić information content (AvgIpc) is 2.82. The third kappa shape index (κ3) is 1.88. The van der Waals surface area contributed by atoms with Crippen molar-refractivity contribution >= 4 is 23.6 Å². The van der Waals surface area contributed by atoms with Crippen molar-refractivity contribution in [3.8, 4) is 0 Å². The highest BCUT2D eigenvalue weighted by Gasteiger charge is 2.51. The van der Waals surface area contributed by atoms with Crippen LogP contribution in [0.1, 0.15) is 27.7 Å². The fourth-order valence-corrected chi connectivity index (χ4v) is 2.16. The van der Waals surface area contributed by atoms with Crippen LogP contribution in [0.3, 0.4) is 0 Å². The van der Waals surface area contributed by atoms with Gasteiger partial charge in [0, 0.05) is 0 Å². The van der Waals surface area contributed by atoms with Gasteiger partial charge in [0.25, 0.3) is 0 Å². The van der Waals surface area contributed by atoms with Gasteiger partial charge in [-0.1, -0.05) is 0 Å². The molecule has 0 atom stereocenters. The van der Waals surface area contributed by atoms with Gasteiger partial charge in [-0.15, -0.1) is 0 Å². The van der Waals surface area contributed by atoms with E-state index in [-0.39, 0.29) is 5.82 Å². The van der Waals surface area contributed by atoms with Gasteiger partial charge >= 0.3 is 7.12 Å². The standard InChI is InChI=1S/C14H16BFO3/c1-13(2)14(3,4)19-15(18-13)9-7-11(16)10-5-6-17-12(10)8-9/h5-8H,1-4H3. The van der Waals surface area contributed by atoms with E-state index in [1.165, 1.54) is 12.3 Å². The summed E-state index contributed by atoms with van der Waals surface area (Å²) in [5, 5.41) is 0.472. The molecule has 5 heteroatoms. The number of hydrogen-bond acceptors (Lipinski definition) is 3. The molecule has 0 radical (unpaired) electrons. The molecule has 0 spiro atoms. The number of benzene rings is 1. The highest BCUT2D eigenvalue weighted by atomic mass is 19.1. The first-order valence-electron chi connectivity index (χ1n) is 6.32. The lowest BCUT2D eigenvalue weighted by Crippen LogP contribution is -2.41. The number of fused-ring (bicyclic) bond motifs is 1. The molecule has 0 bridgehead atoms. The fraction of sp³-hybridized carbons (Fsp3) is 0.429. The van der Waals surface area contributed by atoms with E-state index in [0.29, 0.717) is 16.4 Å². The van der Waals surface area contributed by atoms with Gasteiger partial charge in [0.2, 0.25) is 0 Å². The van der Waals surface area contributed by atoms with Gasteiger partial charge in [-0.2, -0.15) is 0 Å². The van der Waals surface area contributed by atoms with Gasteiger partial charge in [0.1, 0.15) is 11.4 Å². The molecule has 0 saturated carbocycles. The summed E-state index contributed by atoms with van der Waals surface area (Å²) in [6.45, 7) is 7.87. The van der Waals surface area contributed by atoms with Crippen LogP contribution in [0.5, 0.6) is 0 Å². The van der Waals surface area contributed by atoms with E-state index >= 15 is 0 Å². The molecule has 3 rings (SSSR count). The summed E-state index contributed by atoms with van der Waals surface area (Å²) in [4.78, 5) is 0. The normalized spacial score (nSPS) is 21.2. The van der Waals surface area contributed by atoms with Gasteiger partial charge in [0.05, 0.1) is 22.9 Å². The van der Waals surface area contributed by atoms with Crippen molar-refractivity contribution in [1.82, 2.24) is 0 Å². The molecule has 3 nitrogen and oxygen atoms in total. The molecule has 0 N–H and O–H groups in total. The maximum atomic E-state index is 13.9. The maximum absolute atomic E-state index is 13.9. The van der Waals surface area contributed by atoms with Crippen LogP contribution in [0, 0.1) is 5.82 Å². The van der Waals surface area contributed by atoms with E-state index in [2.05, 4.69) is 0 Å². The van der Waals surface area contributed by atoms with Gasteiger partial charge in [-0.05, 0) is 51.4 Å². The van der Waals surface area contributed by atoms with Crippen molar-refractivity contribution in [2.45, 2.75) is 38.9 Å². The summed E-state index contributed by atoms with van der Waals surface area (Å²) in [6.07, 6.45) is 1.47. The predicted octanol–water partition coefficient (Wildman–Crippen LogP) is 2.87. The van der Waals surface area contributed by atoms with Gasteiger partial charge in [0.15, 0.2) is 0 Å². The summed E-state index contributed by atoms with van der Waals surface area (Å²) in [5.74, 6) is -0.323. The van der Waals surface area contributed by atoms with Crippen LogP contribution in [0.15, 0.2) is 28.9 Å². The lowest BCUT2D eigenvalue weighted by molar-refractivity contribution is 0.00578. The van der Waals surface area contributed by atoms with E-state index < -0.39 is 18.3 Å². The Morgan fingerprint density at radius 3 is 2.32 bits per heavy atom. The molecule has 100 valence electrons. The lowest BCUT2D eigenvalue weighted by atomic mass is 9.79. The molecule has 1 saturated heterocycles. The molecule has 1 aliphatic rings. The number of halogens is 1. The molecule has 0 amide bonds. The Balaban J connectivity index is 2.02. The van der Waals surface area contributed by atoms with Gasteiger partial charge < -0.3 is 13.7 Å². The second-order valence-corrected chi connectivity index (χ2v) is 5.92. The molecular weight excluding hydrogens is 246 g/mol. The average molecular weight is 262 g/mol. The van der Waals surface area contributed by atoms with Crippen LogP contribution in [-0.4, -0.2) is 18.3 Å². The molecular formula is C14H16BFO3.